The molecular formula is C19H19ClN6O2. The highest BCUT2D eigenvalue weighted by Gasteiger charge is 2.19. The van der Waals surface area contributed by atoms with Crippen molar-refractivity contribution >= 4 is 17.5 Å². The summed E-state index contributed by atoms with van der Waals surface area (Å²) in [5, 5.41) is 28.1. The molecule has 1 amide bonds. The Hall–Kier alpha value is -3.15. The van der Waals surface area contributed by atoms with E-state index in [0.717, 1.165) is 10.7 Å². The molecule has 0 radical (unpaired) electrons. The zero-order valence-electron chi connectivity index (χ0n) is 18.8. The molecule has 0 aliphatic rings. The molecule has 0 fully saturated rings. The number of carbonyl (C=O) groups is 1. The van der Waals surface area contributed by atoms with Crippen LogP contribution in [0.5, 0.6) is 0 Å². The summed E-state index contributed by atoms with van der Waals surface area (Å²) < 4.78 is 33.1. The molecule has 0 aliphatic carbocycles. The number of halogens is 1. The van der Waals surface area contributed by atoms with Gasteiger partial charge >= 0.3 is 0 Å². The second-order valence-electron chi connectivity index (χ2n) is 6.15. The summed E-state index contributed by atoms with van der Waals surface area (Å²) in [6.07, 6.45) is -1.33. The van der Waals surface area contributed by atoms with Crippen molar-refractivity contribution in [2.45, 2.75) is 32.4 Å². The predicted octanol–water partition coefficient (Wildman–Crippen LogP) is 2.69. The van der Waals surface area contributed by atoms with Crippen LogP contribution in [0.25, 0.3) is 11.3 Å². The van der Waals surface area contributed by atoms with Gasteiger partial charge in [0, 0.05) is 15.9 Å². The summed E-state index contributed by atoms with van der Waals surface area (Å²) in [5.74, 6) is -0.919. The first-order chi connectivity index (χ1) is 14.8. The smallest absolute Gasteiger partial charge is 0.269 e. The van der Waals surface area contributed by atoms with Gasteiger partial charge in [0.2, 0.25) is 0 Å². The zero-order valence-corrected chi connectivity index (χ0v) is 15.6. The van der Waals surface area contributed by atoms with Gasteiger partial charge in [0.15, 0.2) is 0 Å². The quantitative estimate of drug-likeness (QED) is 0.656. The Morgan fingerprint density at radius 2 is 2.25 bits per heavy atom. The Bertz CT molecular complexity index is 1210. The topological polar surface area (TPSA) is 123 Å². The first-order valence-electron chi connectivity index (χ1n) is 10.2. The highest BCUT2D eigenvalue weighted by atomic mass is 35.5. The van der Waals surface area contributed by atoms with E-state index in [1.54, 1.807) is 42.1 Å². The number of aromatic nitrogens is 4. The van der Waals surface area contributed by atoms with Crippen LogP contribution >= 0.6 is 11.6 Å². The third kappa shape index (κ3) is 3.91. The minimum absolute atomic E-state index is 0.175. The SMILES string of the molecule is [2H]C([2H])([2H])C([2H])(O)c1cc(C(N)=O)nn1[C@@H](C)Cn1ccc(-c2ccc(C#N)c(Cl)c2)n1. The molecule has 0 saturated heterocycles. The number of nitrogens with two attached hydrogens (primary N) is 1. The summed E-state index contributed by atoms with van der Waals surface area (Å²) in [6.45, 7) is -1.25. The summed E-state index contributed by atoms with van der Waals surface area (Å²) in [5.41, 5.74) is 6.23. The lowest BCUT2D eigenvalue weighted by Gasteiger charge is -2.17. The van der Waals surface area contributed by atoms with E-state index in [-0.39, 0.29) is 17.9 Å². The molecule has 0 spiro atoms. The van der Waals surface area contributed by atoms with Crippen LogP contribution in [-0.4, -0.2) is 30.6 Å². The van der Waals surface area contributed by atoms with Crippen LogP contribution in [0.15, 0.2) is 36.5 Å². The van der Waals surface area contributed by atoms with Crippen LogP contribution in [0.1, 0.15) is 53.1 Å². The number of nitriles is 1. The van der Waals surface area contributed by atoms with E-state index in [1.807, 2.05) is 6.07 Å². The number of rotatable bonds is 6. The van der Waals surface area contributed by atoms with Gasteiger partial charge in [0.1, 0.15) is 11.8 Å². The van der Waals surface area contributed by atoms with Gasteiger partial charge in [-0.2, -0.15) is 15.5 Å². The Morgan fingerprint density at radius 3 is 2.89 bits per heavy atom. The van der Waals surface area contributed by atoms with E-state index in [2.05, 4.69) is 10.2 Å². The first-order valence-corrected chi connectivity index (χ1v) is 8.58. The Labute approximate surface area is 172 Å². The van der Waals surface area contributed by atoms with E-state index in [0.29, 0.717) is 21.8 Å². The minimum atomic E-state index is -3.09. The molecule has 9 heteroatoms. The first kappa shape index (κ1) is 14.9. The van der Waals surface area contributed by atoms with Crippen molar-refractivity contribution in [3.63, 3.8) is 0 Å². The van der Waals surface area contributed by atoms with Crippen molar-refractivity contribution in [1.82, 2.24) is 19.6 Å². The van der Waals surface area contributed by atoms with E-state index in [9.17, 15) is 9.90 Å². The van der Waals surface area contributed by atoms with Crippen LogP contribution in [0.4, 0.5) is 0 Å². The maximum atomic E-state index is 11.6. The Morgan fingerprint density at radius 1 is 1.46 bits per heavy atom. The van der Waals surface area contributed by atoms with Crippen molar-refractivity contribution in [3.8, 4) is 17.3 Å². The minimum Gasteiger partial charge on any atom is -0.387 e. The van der Waals surface area contributed by atoms with Gasteiger partial charge in [-0.15, -0.1) is 0 Å². The molecule has 2 atom stereocenters. The van der Waals surface area contributed by atoms with Gasteiger partial charge in [0.25, 0.3) is 5.91 Å². The number of hydrogen-bond donors (Lipinski definition) is 2. The summed E-state index contributed by atoms with van der Waals surface area (Å²) in [7, 11) is 0. The Kier molecular flexibility index (Phi) is 4.16. The predicted molar refractivity (Wildman–Crippen MR) is 103 cm³/mol. The fourth-order valence-corrected chi connectivity index (χ4v) is 2.98. The molecule has 0 saturated carbocycles. The van der Waals surface area contributed by atoms with Crippen LogP contribution < -0.4 is 5.73 Å². The normalized spacial score (nSPS) is 16.8. The summed E-state index contributed by atoms with van der Waals surface area (Å²) in [6, 6.07) is 9.04. The molecule has 3 aromatic rings. The van der Waals surface area contributed by atoms with Crippen molar-refractivity contribution in [2.24, 2.45) is 5.73 Å². The second-order valence-corrected chi connectivity index (χ2v) is 6.56. The molecular weight excluding hydrogens is 380 g/mol. The fraction of sp³-hybridized carbons (Fsp3) is 0.263. The van der Waals surface area contributed by atoms with Gasteiger partial charge < -0.3 is 10.8 Å². The third-order valence-electron chi connectivity index (χ3n) is 4.13. The van der Waals surface area contributed by atoms with Crippen LogP contribution in [0, 0.1) is 11.3 Å². The maximum absolute atomic E-state index is 11.6. The van der Waals surface area contributed by atoms with E-state index in [1.165, 1.54) is 0 Å². The standard InChI is InChI=1S/C19H19ClN6O2/c1-11(26-18(12(2)27)8-17(24-26)19(22)28)10-25-6-5-16(23-25)13-3-4-14(9-21)15(20)7-13/h3-8,11-12,27H,10H2,1-2H3,(H2,22,28)/t11-,12?/m0/s1/i2D3,12D. The number of carbonyl (C=O) groups excluding carboxylic acids is 1. The van der Waals surface area contributed by atoms with E-state index in [4.69, 9.17) is 28.1 Å². The number of hydrogen-bond acceptors (Lipinski definition) is 5. The highest BCUT2D eigenvalue weighted by Crippen LogP contribution is 2.25. The molecule has 28 heavy (non-hydrogen) atoms. The number of aliphatic hydroxyl groups is 1. The summed E-state index contributed by atoms with van der Waals surface area (Å²) in [4.78, 5) is 11.6. The number of amides is 1. The number of nitrogens with zero attached hydrogens (tertiary/aromatic N) is 5. The average Bonchev–Trinajstić information content (AvgIpc) is 3.34. The molecule has 0 bridgehead atoms. The van der Waals surface area contributed by atoms with E-state index < -0.39 is 24.9 Å². The summed E-state index contributed by atoms with van der Waals surface area (Å²) >= 11 is 6.08. The van der Waals surface area contributed by atoms with Crippen LogP contribution in [0.3, 0.4) is 0 Å². The number of primary amides is 1. The van der Waals surface area contributed by atoms with Gasteiger partial charge in [-0.3, -0.25) is 14.2 Å². The van der Waals surface area contributed by atoms with Gasteiger partial charge in [-0.25, -0.2) is 0 Å². The molecule has 8 nitrogen and oxygen atoms in total. The van der Waals surface area contributed by atoms with Crippen molar-refractivity contribution in [3.05, 3.63) is 58.5 Å². The maximum Gasteiger partial charge on any atom is 0.269 e. The fourth-order valence-electron chi connectivity index (χ4n) is 2.76. The lowest BCUT2D eigenvalue weighted by molar-refractivity contribution is 0.0994. The molecule has 0 aliphatic heterocycles. The Balaban J connectivity index is 1.91. The molecule has 3 N–H and O–H groups in total. The molecule has 1 unspecified atom stereocenters. The zero-order chi connectivity index (χ0) is 23.8. The average molecular weight is 403 g/mol. The molecule has 2 aromatic heterocycles. The lowest BCUT2D eigenvalue weighted by atomic mass is 10.1. The van der Waals surface area contributed by atoms with Gasteiger partial charge in [-0.05, 0) is 38.0 Å². The van der Waals surface area contributed by atoms with Gasteiger partial charge in [-0.1, -0.05) is 17.7 Å². The van der Waals surface area contributed by atoms with Gasteiger partial charge in [0.05, 0.1) is 42.0 Å². The molecule has 2 heterocycles. The van der Waals surface area contributed by atoms with Crippen LogP contribution in [0.2, 0.25) is 5.02 Å². The monoisotopic (exact) mass is 402 g/mol. The van der Waals surface area contributed by atoms with Crippen molar-refractivity contribution in [1.29, 1.82) is 5.26 Å². The molecule has 144 valence electrons. The highest BCUT2D eigenvalue weighted by molar-refractivity contribution is 6.32. The molecule has 1 aromatic carbocycles. The van der Waals surface area contributed by atoms with Crippen molar-refractivity contribution < 1.29 is 15.4 Å². The van der Waals surface area contributed by atoms with Crippen LogP contribution in [-0.2, 0) is 6.54 Å². The third-order valence-corrected chi connectivity index (χ3v) is 4.44. The lowest BCUT2D eigenvalue weighted by Crippen LogP contribution is -2.19. The second kappa shape index (κ2) is 7.84. The molecule has 3 rings (SSSR count). The number of benzene rings is 1. The largest absolute Gasteiger partial charge is 0.387 e. The van der Waals surface area contributed by atoms with Crippen molar-refractivity contribution in [2.75, 3.05) is 0 Å². The van der Waals surface area contributed by atoms with E-state index >= 15 is 0 Å².